The fourth-order valence-electron chi connectivity index (χ4n) is 3.09. The van der Waals surface area contributed by atoms with E-state index < -0.39 is 5.92 Å². The number of aryl methyl sites for hydroxylation is 1. The standard InChI is InChI=1S/C23H20N4O2/c1-16-12-13-19(14-24-16)23-27-26-20(29-23)15-25-22(28)21(17-8-4-2-5-9-17)18-10-6-3-7-11-18/h2-14,21H,15H2,1H3,(H,25,28). The number of rotatable bonds is 6. The molecule has 0 aliphatic heterocycles. The van der Waals surface area contributed by atoms with Crippen LogP contribution in [0.1, 0.15) is 28.6 Å². The van der Waals surface area contributed by atoms with E-state index in [4.69, 9.17) is 4.42 Å². The summed E-state index contributed by atoms with van der Waals surface area (Å²) >= 11 is 0. The number of pyridine rings is 1. The summed E-state index contributed by atoms with van der Waals surface area (Å²) in [6, 6.07) is 23.1. The molecule has 6 heteroatoms. The molecule has 0 radical (unpaired) electrons. The van der Waals surface area contributed by atoms with Crippen molar-refractivity contribution in [2.45, 2.75) is 19.4 Å². The molecule has 0 aliphatic carbocycles. The normalized spacial score (nSPS) is 10.8. The van der Waals surface area contributed by atoms with Crippen molar-refractivity contribution in [3.8, 4) is 11.5 Å². The number of carbonyl (C=O) groups is 1. The zero-order valence-electron chi connectivity index (χ0n) is 15.9. The van der Waals surface area contributed by atoms with E-state index in [2.05, 4.69) is 20.5 Å². The second-order valence-corrected chi connectivity index (χ2v) is 6.66. The highest BCUT2D eigenvalue weighted by molar-refractivity contribution is 5.87. The topological polar surface area (TPSA) is 80.9 Å². The molecule has 6 nitrogen and oxygen atoms in total. The number of hydrogen-bond acceptors (Lipinski definition) is 5. The van der Waals surface area contributed by atoms with E-state index in [1.165, 1.54) is 0 Å². The molecule has 1 amide bonds. The van der Waals surface area contributed by atoms with Gasteiger partial charge in [-0.3, -0.25) is 9.78 Å². The van der Waals surface area contributed by atoms with Crippen LogP contribution in [0.5, 0.6) is 0 Å². The van der Waals surface area contributed by atoms with Crippen LogP contribution >= 0.6 is 0 Å². The molecule has 4 rings (SSSR count). The van der Waals surface area contributed by atoms with Gasteiger partial charge in [0.2, 0.25) is 17.7 Å². The summed E-state index contributed by atoms with van der Waals surface area (Å²) in [6.45, 7) is 2.07. The van der Waals surface area contributed by atoms with Crippen molar-refractivity contribution in [3.63, 3.8) is 0 Å². The van der Waals surface area contributed by atoms with Gasteiger partial charge in [-0.1, -0.05) is 60.7 Å². The van der Waals surface area contributed by atoms with Crippen LogP contribution in [-0.2, 0) is 11.3 Å². The number of hydrogen-bond donors (Lipinski definition) is 1. The first-order valence-corrected chi connectivity index (χ1v) is 9.34. The van der Waals surface area contributed by atoms with Gasteiger partial charge in [0.1, 0.15) is 0 Å². The highest BCUT2D eigenvalue weighted by Gasteiger charge is 2.23. The maximum absolute atomic E-state index is 13.0. The zero-order valence-corrected chi connectivity index (χ0v) is 15.9. The Hall–Kier alpha value is -3.80. The Morgan fingerprint density at radius 1 is 0.931 bits per heavy atom. The Kier molecular flexibility index (Phi) is 5.42. The van der Waals surface area contributed by atoms with Gasteiger partial charge in [0.15, 0.2) is 0 Å². The largest absolute Gasteiger partial charge is 0.419 e. The third kappa shape index (κ3) is 4.38. The quantitative estimate of drug-likeness (QED) is 0.545. The number of nitrogens with zero attached hydrogens (tertiary/aromatic N) is 3. The second-order valence-electron chi connectivity index (χ2n) is 6.66. The highest BCUT2D eigenvalue weighted by Crippen LogP contribution is 2.25. The van der Waals surface area contributed by atoms with Gasteiger partial charge in [-0.05, 0) is 30.2 Å². The molecule has 0 bridgehead atoms. The van der Waals surface area contributed by atoms with E-state index >= 15 is 0 Å². The van der Waals surface area contributed by atoms with Crippen molar-refractivity contribution < 1.29 is 9.21 Å². The van der Waals surface area contributed by atoms with E-state index in [9.17, 15) is 4.79 Å². The van der Waals surface area contributed by atoms with Crippen LogP contribution in [0.25, 0.3) is 11.5 Å². The van der Waals surface area contributed by atoms with Crippen molar-refractivity contribution in [3.05, 3.63) is 102 Å². The molecule has 2 aromatic heterocycles. The molecular formula is C23H20N4O2. The van der Waals surface area contributed by atoms with Gasteiger partial charge in [-0.2, -0.15) is 0 Å². The Morgan fingerprint density at radius 3 is 2.17 bits per heavy atom. The van der Waals surface area contributed by atoms with E-state index in [1.807, 2.05) is 79.7 Å². The highest BCUT2D eigenvalue weighted by atomic mass is 16.4. The van der Waals surface area contributed by atoms with Gasteiger partial charge in [0.25, 0.3) is 0 Å². The lowest BCUT2D eigenvalue weighted by Crippen LogP contribution is -2.29. The van der Waals surface area contributed by atoms with Gasteiger partial charge < -0.3 is 9.73 Å². The van der Waals surface area contributed by atoms with Gasteiger partial charge in [0, 0.05) is 11.9 Å². The molecule has 29 heavy (non-hydrogen) atoms. The molecule has 4 aromatic rings. The van der Waals surface area contributed by atoms with Crippen molar-refractivity contribution in [2.75, 3.05) is 0 Å². The maximum atomic E-state index is 13.0. The molecule has 144 valence electrons. The zero-order chi connectivity index (χ0) is 20.1. The fraction of sp³-hybridized carbons (Fsp3) is 0.130. The van der Waals surface area contributed by atoms with Gasteiger partial charge in [-0.25, -0.2) is 0 Å². The molecular weight excluding hydrogens is 364 g/mol. The SMILES string of the molecule is Cc1ccc(-c2nnc(CNC(=O)C(c3ccccc3)c3ccccc3)o2)cn1. The molecule has 0 spiro atoms. The monoisotopic (exact) mass is 384 g/mol. The van der Waals surface area contributed by atoms with Crippen molar-refractivity contribution in [1.82, 2.24) is 20.5 Å². The first-order chi connectivity index (χ1) is 14.2. The van der Waals surface area contributed by atoms with E-state index in [1.54, 1.807) is 6.20 Å². The van der Waals surface area contributed by atoms with Crippen LogP contribution in [-0.4, -0.2) is 21.1 Å². The minimum absolute atomic E-state index is 0.126. The first kappa shape index (κ1) is 18.6. The summed E-state index contributed by atoms with van der Waals surface area (Å²) in [5.41, 5.74) is 3.50. The third-order valence-corrected chi connectivity index (χ3v) is 4.57. The average molecular weight is 384 g/mol. The molecule has 2 aromatic carbocycles. The van der Waals surface area contributed by atoms with E-state index in [0.29, 0.717) is 11.8 Å². The summed E-state index contributed by atoms with van der Waals surface area (Å²) in [5, 5.41) is 11.0. The minimum atomic E-state index is -0.416. The third-order valence-electron chi connectivity index (χ3n) is 4.57. The molecule has 0 fully saturated rings. The second kappa shape index (κ2) is 8.48. The lowest BCUT2D eigenvalue weighted by atomic mass is 9.90. The molecule has 0 aliphatic rings. The maximum Gasteiger partial charge on any atom is 0.249 e. The summed E-state index contributed by atoms with van der Waals surface area (Å²) < 4.78 is 5.67. The van der Waals surface area contributed by atoms with Crippen LogP contribution in [0.2, 0.25) is 0 Å². The van der Waals surface area contributed by atoms with Gasteiger partial charge in [0.05, 0.1) is 18.0 Å². The predicted octanol–water partition coefficient (Wildman–Crippen LogP) is 3.89. The molecule has 1 N–H and O–H groups in total. The molecule has 0 saturated carbocycles. The molecule has 0 atom stereocenters. The van der Waals surface area contributed by atoms with Crippen LogP contribution in [0, 0.1) is 6.92 Å². The molecule has 2 heterocycles. The summed E-state index contributed by atoms with van der Waals surface area (Å²) in [5.74, 6) is 0.179. The summed E-state index contributed by atoms with van der Waals surface area (Å²) in [4.78, 5) is 17.3. The number of carbonyl (C=O) groups excluding carboxylic acids is 1. The molecule has 0 saturated heterocycles. The number of aromatic nitrogens is 3. The smallest absolute Gasteiger partial charge is 0.249 e. The number of amides is 1. The van der Waals surface area contributed by atoms with Crippen molar-refractivity contribution in [2.24, 2.45) is 0 Å². The van der Waals surface area contributed by atoms with Crippen LogP contribution in [0.4, 0.5) is 0 Å². The average Bonchev–Trinajstić information content (AvgIpc) is 3.24. The van der Waals surface area contributed by atoms with E-state index in [-0.39, 0.29) is 12.5 Å². The Morgan fingerprint density at radius 2 is 1.59 bits per heavy atom. The Bertz CT molecular complexity index is 1040. The lowest BCUT2D eigenvalue weighted by molar-refractivity contribution is -0.122. The van der Waals surface area contributed by atoms with Crippen LogP contribution in [0.3, 0.4) is 0 Å². The van der Waals surface area contributed by atoms with Crippen molar-refractivity contribution in [1.29, 1.82) is 0 Å². The first-order valence-electron chi connectivity index (χ1n) is 9.34. The van der Waals surface area contributed by atoms with Crippen LogP contribution in [0.15, 0.2) is 83.4 Å². The van der Waals surface area contributed by atoms with Crippen LogP contribution < -0.4 is 5.32 Å². The number of nitrogens with one attached hydrogen (secondary N) is 1. The van der Waals surface area contributed by atoms with E-state index in [0.717, 1.165) is 22.4 Å². The fourth-order valence-corrected chi connectivity index (χ4v) is 3.09. The summed E-state index contributed by atoms with van der Waals surface area (Å²) in [6.07, 6.45) is 1.69. The minimum Gasteiger partial charge on any atom is -0.419 e. The Labute approximate surface area is 168 Å². The Balaban J connectivity index is 1.49. The van der Waals surface area contributed by atoms with Gasteiger partial charge in [-0.15, -0.1) is 10.2 Å². The van der Waals surface area contributed by atoms with Gasteiger partial charge >= 0.3 is 0 Å². The predicted molar refractivity (Wildman–Crippen MR) is 109 cm³/mol. The molecule has 0 unspecified atom stereocenters. The van der Waals surface area contributed by atoms with Crippen molar-refractivity contribution >= 4 is 5.91 Å². The summed E-state index contributed by atoms with van der Waals surface area (Å²) in [7, 11) is 0. The number of benzene rings is 2. The lowest BCUT2D eigenvalue weighted by Gasteiger charge is -2.17.